The smallest absolute Gasteiger partial charge is 0.352 e. The molecule has 0 bridgehead atoms. The Hall–Kier alpha value is -2.87. The number of halogens is 1. The second-order valence-electron chi connectivity index (χ2n) is 4.63. The van der Waals surface area contributed by atoms with Crippen LogP contribution in [-0.4, -0.2) is 15.4 Å². The molecular weight excluding hydrogens is 337 g/mol. The van der Waals surface area contributed by atoms with Crippen LogP contribution in [0.4, 0.5) is 10.1 Å². The van der Waals surface area contributed by atoms with Crippen molar-refractivity contribution >= 4 is 27.5 Å². The molecule has 0 aliphatic rings. The average Bonchev–Trinajstić information content (AvgIpc) is 2.54. The number of hydrogen-bond acceptors (Lipinski definition) is 5. The van der Waals surface area contributed by atoms with Crippen LogP contribution in [0.2, 0.25) is 0 Å². The number of non-ortho nitro benzene ring substituents is 1. The van der Waals surface area contributed by atoms with Crippen LogP contribution < -0.4 is 5.63 Å². The van der Waals surface area contributed by atoms with Gasteiger partial charge in [-0.3, -0.25) is 14.3 Å². The molecule has 0 saturated heterocycles. The molecular formula is C16H12FNO5S. The highest BCUT2D eigenvalue weighted by Crippen LogP contribution is 2.20. The van der Waals surface area contributed by atoms with Gasteiger partial charge in [-0.2, -0.15) is 0 Å². The summed E-state index contributed by atoms with van der Waals surface area (Å²) in [6, 6.07) is 13.2. The lowest BCUT2D eigenvalue weighted by atomic mass is 10.2. The molecule has 0 aliphatic carbocycles. The summed E-state index contributed by atoms with van der Waals surface area (Å²) in [5.41, 5.74) is -0.568. The third-order valence-corrected chi connectivity index (χ3v) is 3.84. The highest BCUT2D eigenvalue weighted by atomic mass is 32.2. The van der Waals surface area contributed by atoms with Crippen molar-refractivity contribution in [2.24, 2.45) is 0 Å². The molecule has 1 unspecified atom stereocenters. The maximum Gasteiger partial charge on any atom is 0.352 e. The fraction of sp³-hybridized carbons (Fsp3) is 0.0625. The van der Waals surface area contributed by atoms with Gasteiger partial charge in [0.2, 0.25) is 0 Å². The quantitative estimate of drug-likeness (QED) is 0.402. The van der Waals surface area contributed by atoms with E-state index in [-0.39, 0.29) is 22.0 Å². The van der Waals surface area contributed by atoms with E-state index in [1.807, 2.05) is 0 Å². The van der Waals surface area contributed by atoms with E-state index in [0.717, 1.165) is 0 Å². The van der Waals surface area contributed by atoms with Gasteiger partial charge in [0, 0.05) is 23.8 Å². The molecule has 0 amide bonds. The van der Waals surface area contributed by atoms with Crippen LogP contribution in [0, 0.1) is 15.9 Å². The van der Waals surface area contributed by atoms with Crippen molar-refractivity contribution < 1.29 is 17.9 Å². The first-order valence-corrected chi connectivity index (χ1v) is 8.20. The van der Waals surface area contributed by atoms with Crippen LogP contribution in [0.25, 0.3) is 11.0 Å². The van der Waals surface area contributed by atoms with E-state index in [4.69, 9.17) is 4.42 Å². The van der Waals surface area contributed by atoms with Gasteiger partial charge in [0.25, 0.3) is 5.69 Å². The fourth-order valence-electron chi connectivity index (χ4n) is 1.82. The minimum Gasteiger partial charge on any atom is -0.422 e. The molecule has 124 valence electrons. The van der Waals surface area contributed by atoms with E-state index in [0.29, 0.717) is 5.39 Å². The Morgan fingerprint density at radius 2 is 1.79 bits per heavy atom. The minimum absolute atomic E-state index is 0.00185. The number of hydrogen-bond donors (Lipinski definition) is 0. The summed E-state index contributed by atoms with van der Waals surface area (Å²) in [5.74, 6) is -0.178. The number of rotatable bonds is 2. The van der Waals surface area contributed by atoms with Crippen LogP contribution in [0.3, 0.4) is 0 Å². The maximum absolute atomic E-state index is 11.9. The molecule has 24 heavy (non-hydrogen) atoms. The molecule has 0 aliphatic heterocycles. The molecule has 0 fully saturated rings. The van der Waals surface area contributed by atoms with Crippen LogP contribution in [0.1, 0.15) is 0 Å². The monoisotopic (exact) mass is 349 g/mol. The van der Waals surface area contributed by atoms with E-state index in [2.05, 4.69) is 0 Å². The van der Waals surface area contributed by atoms with E-state index in [9.17, 15) is 23.5 Å². The topological polar surface area (TPSA) is 90.4 Å². The summed E-state index contributed by atoms with van der Waals surface area (Å²) in [6.45, 7) is 0. The van der Waals surface area contributed by atoms with Crippen molar-refractivity contribution in [3.63, 3.8) is 0 Å². The van der Waals surface area contributed by atoms with Gasteiger partial charge in [0.05, 0.1) is 15.7 Å². The zero-order valence-electron chi connectivity index (χ0n) is 12.5. The van der Waals surface area contributed by atoms with Gasteiger partial charge in [-0.15, -0.1) is 0 Å². The molecule has 1 atom stereocenters. The van der Waals surface area contributed by atoms with Gasteiger partial charge >= 0.3 is 5.63 Å². The first-order chi connectivity index (χ1) is 11.4. The molecule has 1 heterocycles. The molecule has 1 aromatic heterocycles. The summed E-state index contributed by atoms with van der Waals surface area (Å²) in [4.78, 5) is 21.4. The third kappa shape index (κ3) is 4.32. The molecule has 6 nitrogen and oxygen atoms in total. The van der Waals surface area contributed by atoms with Gasteiger partial charge in [-0.25, -0.2) is 9.18 Å². The van der Waals surface area contributed by atoms with E-state index in [1.54, 1.807) is 18.2 Å². The second kappa shape index (κ2) is 7.60. The predicted molar refractivity (Wildman–Crippen MR) is 87.9 cm³/mol. The zero-order valence-corrected chi connectivity index (χ0v) is 13.3. The van der Waals surface area contributed by atoms with Crippen molar-refractivity contribution in [2.45, 2.75) is 4.90 Å². The van der Waals surface area contributed by atoms with Crippen LogP contribution in [0.15, 0.2) is 68.7 Å². The molecule has 0 N–H and O–H groups in total. The molecule has 3 rings (SSSR count). The number of fused-ring (bicyclic) bond motifs is 1. The lowest BCUT2D eigenvalue weighted by Crippen LogP contribution is -2.07. The second-order valence-corrected chi connectivity index (χ2v) is 5.98. The van der Waals surface area contributed by atoms with Crippen molar-refractivity contribution in [1.29, 1.82) is 0 Å². The largest absolute Gasteiger partial charge is 0.422 e. The summed E-state index contributed by atoms with van der Waals surface area (Å²) >= 11 is 0. The van der Waals surface area contributed by atoms with Crippen LogP contribution in [0.5, 0.6) is 0 Å². The van der Waals surface area contributed by atoms with Gasteiger partial charge < -0.3 is 4.42 Å². The zero-order chi connectivity index (χ0) is 17.7. The fourth-order valence-corrected chi connectivity index (χ4v) is 2.39. The first-order valence-electron chi connectivity index (χ1n) is 6.65. The molecule has 0 saturated carbocycles. The first kappa shape index (κ1) is 17.5. The van der Waals surface area contributed by atoms with Gasteiger partial charge in [-0.05, 0) is 24.3 Å². The van der Waals surface area contributed by atoms with E-state index >= 15 is 0 Å². The van der Waals surface area contributed by atoms with Gasteiger partial charge in [0.15, 0.2) is 0 Å². The lowest BCUT2D eigenvalue weighted by molar-refractivity contribution is -0.384. The molecule has 0 spiro atoms. The third-order valence-electron chi connectivity index (χ3n) is 2.94. The Morgan fingerprint density at radius 1 is 1.12 bits per heavy atom. The van der Waals surface area contributed by atoms with Crippen molar-refractivity contribution in [1.82, 2.24) is 0 Å². The standard InChI is InChI=1S/C10H7NO5S.C6H5F/c1-17(15)9-5-6-4-7(11(13)14)2-3-8(6)16-10(9)12;7-6-4-2-1-3-5-6/h2-5H,1H3;1-5H. The molecule has 3 aromatic rings. The summed E-state index contributed by atoms with van der Waals surface area (Å²) < 4.78 is 28.1. The Kier molecular flexibility index (Phi) is 5.54. The Labute approximate surface area is 138 Å². The minimum atomic E-state index is -1.49. The molecule has 2 aromatic carbocycles. The van der Waals surface area contributed by atoms with Crippen molar-refractivity contribution in [3.05, 3.63) is 80.9 Å². The maximum atomic E-state index is 11.9. The SMILES string of the molecule is CS(=O)c1cc2cc([N+](=O)[O-])ccc2oc1=O.Fc1ccccc1. The number of nitrogens with zero attached hydrogens (tertiary/aromatic N) is 1. The van der Waals surface area contributed by atoms with Crippen LogP contribution >= 0.6 is 0 Å². The molecule has 8 heteroatoms. The summed E-state index contributed by atoms with van der Waals surface area (Å²) in [7, 11) is -1.49. The number of nitro groups is 1. The lowest BCUT2D eigenvalue weighted by Gasteiger charge is -1.99. The predicted octanol–water partition coefficient (Wildman–Crippen LogP) is 3.26. The number of benzene rings is 2. The Balaban J connectivity index is 0.000000249. The van der Waals surface area contributed by atoms with Crippen molar-refractivity contribution in [2.75, 3.05) is 6.26 Å². The van der Waals surface area contributed by atoms with Gasteiger partial charge in [-0.1, -0.05) is 18.2 Å². The number of nitro benzene ring substituents is 1. The highest BCUT2D eigenvalue weighted by Gasteiger charge is 2.12. The van der Waals surface area contributed by atoms with Gasteiger partial charge in [0.1, 0.15) is 16.3 Å². The summed E-state index contributed by atoms with van der Waals surface area (Å²) in [6.07, 6.45) is 1.34. The molecule has 0 radical (unpaired) electrons. The normalized spacial score (nSPS) is 11.4. The Morgan fingerprint density at radius 3 is 2.29 bits per heavy atom. The van der Waals surface area contributed by atoms with Crippen molar-refractivity contribution in [3.8, 4) is 0 Å². The summed E-state index contributed by atoms with van der Waals surface area (Å²) in [5, 5.41) is 11.0. The van der Waals surface area contributed by atoms with Crippen LogP contribution in [-0.2, 0) is 10.8 Å². The van der Waals surface area contributed by atoms with E-state index < -0.39 is 21.3 Å². The highest BCUT2D eigenvalue weighted by molar-refractivity contribution is 7.84. The average molecular weight is 349 g/mol. The Bertz CT molecular complexity index is 956. The van der Waals surface area contributed by atoms with E-state index in [1.165, 1.54) is 42.7 Å².